The number of aliphatic hydroxyl groups excluding tert-OH is 1. The Morgan fingerprint density at radius 3 is 2.65 bits per heavy atom. The minimum atomic E-state index is -0.566. The number of thioether (sulfide) groups is 1. The molecule has 0 saturated heterocycles. The van der Waals surface area contributed by atoms with Crippen LogP contribution < -0.4 is 5.73 Å². The summed E-state index contributed by atoms with van der Waals surface area (Å²) in [5.74, 6) is 0.547. The van der Waals surface area contributed by atoms with Crippen molar-refractivity contribution in [3.8, 4) is 0 Å². The maximum atomic E-state index is 10.0. The molecule has 0 aliphatic heterocycles. The van der Waals surface area contributed by atoms with E-state index in [4.69, 9.17) is 5.73 Å². The van der Waals surface area contributed by atoms with Gasteiger partial charge in [0.2, 0.25) is 0 Å². The quantitative estimate of drug-likeness (QED) is 0.643. The Balaban J connectivity index is 1.99. The predicted molar refractivity (Wildman–Crippen MR) is 70.8 cm³/mol. The number of pyridine rings is 1. The number of nitrogen functional groups attached to an aromatic ring is 1. The van der Waals surface area contributed by atoms with E-state index in [1.54, 1.807) is 12.3 Å². The van der Waals surface area contributed by atoms with Gasteiger partial charge in [0.1, 0.15) is 0 Å². The standard InChI is InChI=1S/C13H14N2OS/c14-11-6-2-1-5-10(11)12(16)9-17-13-7-3-4-8-15-13/h1-8,12,16H,9,14H2. The van der Waals surface area contributed by atoms with Crippen LogP contribution in [0.2, 0.25) is 0 Å². The summed E-state index contributed by atoms with van der Waals surface area (Å²) >= 11 is 1.52. The van der Waals surface area contributed by atoms with Crippen LogP contribution in [-0.2, 0) is 0 Å². The second-order valence-electron chi connectivity index (χ2n) is 3.62. The highest BCUT2D eigenvalue weighted by atomic mass is 32.2. The number of aromatic nitrogens is 1. The van der Waals surface area contributed by atoms with Crippen LogP contribution in [0.5, 0.6) is 0 Å². The van der Waals surface area contributed by atoms with Crippen molar-refractivity contribution in [3.05, 3.63) is 54.2 Å². The number of hydrogen-bond donors (Lipinski definition) is 2. The molecule has 0 radical (unpaired) electrons. The highest BCUT2D eigenvalue weighted by Gasteiger charge is 2.10. The van der Waals surface area contributed by atoms with Gasteiger partial charge in [0.05, 0.1) is 11.1 Å². The van der Waals surface area contributed by atoms with Gasteiger partial charge in [-0.05, 0) is 18.2 Å². The summed E-state index contributed by atoms with van der Waals surface area (Å²) in [5, 5.41) is 10.9. The SMILES string of the molecule is Nc1ccccc1C(O)CSc1ccccn1. The van der Waals surface area contributed by atoms with Crippen molar-refractivity contribution in [3.63, 3.8) is 0 Å². The molecule has 1 heterocycles. The first-order valence-electron chi connectivity index (χ1n) is 5.33. The Morgan fingerprint density at radius 2 is 1.94 bits per heavy atom. The number of anilines is 1. The van der Waals surface area contributed by atoms with E-state index >= 15 is 0 Å². The molecule has 0 aliphatic rings. The molecule has 1 aromatic carbocycles. The molecule has 3 nitrogen and oxygen atoms in total. The minimum absolute atomic E-state index is 0.547. The summed E-state index contributed by atoms with van der Waals surface area (Å²) < 4.78 is 0. The molecule has 0 saturated carbocycles. The fraction of sp³-hybridized carbons (Fsp3) is 0.154. The molecular formula is C13H14N2OS. The molecule has 0 bridgehead atoms. The van der Waals surface area contributed by atoms with Crippen LogP contribution >= 0.6 is 11.8 Å². The van der Waals surface area contributed by atoms with Gasteiger partial charge in [-0.3, -0.25) is 0 Å². The lowest BCUT2D eigenvalue weighted by molar-refractivity contribution is 0.205. The van der Waals surface area contributed by atoms with Crippen molar-refractivity contribution in [2.45, 2.75) is 11.1 Å². The fourth-order valence-electron chi connectivity index (χ4n) is 1.50. The summed E-state index contributed by atoms with van der Waals surface area (Å²) in [5.41, 5.74) is 7.21. The smallest absolute Gasteiger partial charge is 0.0960 e. The number of benzene rings is 1. The Bertz CT molecular complexity index is 476. The molecule has 17 heavy (non-hydrogen) atoms. The number of rotatable bonds is 4. The van der Waals surface area contributed by atoms with E-state index in [0.717, 1.165) is 10.6 Å². The van der Waals surface area contributed by atoms with Crippen molar-refractivity contribution < 1.29 is 5.11 Å². The van der Waals surface area contributed by atoms with Gasteiger partial charge in [-0.1, -0.05) is 24.3 Å². The van der Waals surface area contributed by atoms with Gasteiger partial charge in [0, 0.05) is 23.2 Å². The Hall–Kier alpha value is -1.52. The summed E-state index contributed by atoms with van der Waals surface area (Å²) in [7, 11) is 0. The highest BCUT2D eigenvalue weighted by Crippen LogP contribution is 2.26. The first-order valence-corrected chi connectivity index (χ1v) is 6.32. The second kappa shape index (κ2) is 5.70. The zero-order chi connectivity index (χ0) is 12.1. The van der Waals surface area contributed by atoms with Gasteiger partial charge in [-0.2, -0.15) is 0 Å². The molecular weight excluding hydrogens is 232 g/mol. The molecule has 2 aromatic rings. The van der Waals surface area contributed by atoms with E-state index in [9.17, 15) is 5.11 Å². The lowest BCUT2D eigenvalue weighted by Gasteiger charge is -2.12. The minimum Gasteiger partial charge on any atom is -0.398 e. The summed E-state index contributed by atoms with van der Waals surface area (Å²) in [4.78, 5) is 4.19. The van der Waals surface area contributed by atoms with Crippen molar-refractivity contribution in [2.75, 3.05) is 11.5 Å². The molecule has 1 aromatic heterocycles. The predicted octanol–water partition coefficient (Wildman–Crippen LogP) is 2.49. The molecule has 1 unspecified atom stereocenters. The van der Waals surface area contributed by atoms with Crippen LogP contribution in [0.25, 0.3) is 0 Å². The van der Waals surface area contributed by atoms with E-state index in [-0.39, 0.29) is 0 Å². The molecule has 3 N–H and O–H groups in total. The fourth-order valence-corrected chi connectivity index (χ4v) is 2.32. The summed E-state index contributed by atoms with van der Waals surface area (Å²) in [6.07, 6.45) is 1.18. The Kier molecular flexibility index (Phi) is 4.01. The summed E-state index contributed by atoms with van der Waals surface area (Å²) in [6, 6.07) is 13.1. The van der Waals surface area contributed by atoms with E-state index < -0.39 is 6.10 Å². The highest BCUT2D eigenvalue weighted by molar-refractivity contribution is 7.99. The van der Waals surface area contributed by atoms with E-state index in [1.807, 2.05) is 36.4 Å². The maximum absolute atomic E-state index is 10.0. The van der Waals surface area contributed by atoms with Crippen LogP contribution in [0, 0.1) is 0 Å². The third kappa shape index (κ3) is 3.22. The van der Waals surface area contributed by atoms with Crippen molar-refractivity contribution in [2.24, 2.45) is 0 Å². The number of nitrogens with two attached hydrogens (primary N) is 1. The van der Waals surface area contributed by atoms with Gasteiger partial charge >= 0.3 is 0 Å². The average Bonchev–Trinajstić information content (AvgIpc) is 2.38. The first-order chi connectivity index (χ1) is 8.27. The molecule has 0 fully saturated rings. The van der Waals surface area contributed by atoms with Gasteiger partial charge in [-0.15, -0.1) is 11.8 Å². The molecule has 88 valence electrons. The number of nitrogens with zero attached hydrogens (tertiary/aromatic N) is 1. The third-order valence-corrected chi connectivity index (χ3v) is 3.40. The molecule has 2 rings (SSSR count). The van der Waals surface area contributed by atoms with Crippen LogP contribution in [-0.4, -0.2) is 15.8 Å². The third-order valence-electron chi connectivity index (χ3n) is 2.38. The van der Waals surface area contributed by atoms with Gasteiger partial charge in [0.15, 0.2) is 0 Å². The van der Waals surface area contributed by atoms with Crippen LogP contribution in [0.1, 0.15) is 11.7 Å². The molecule has 4 heteroatoms. The van der Waals surface area contributed by atoms with Crippen LogP contribution in [0.15, 0.2) is 53.7 Å². The lowest BCUT2D eigenvalue weighted by Crippen LogP contribution is -2.04. The average molecular weight is 246 g/mol. The maximum Gasteiger partial charge on any atom is 0.0960 e. The largest absolute Gasteiger partial charge is 0.398 e. The number of hydrogen-bond acceptors (Lipinski definition) is 4. The Labute approximate surface area is 105 Å². The van der Waals surface area contributed by atoms with Gasteiger partial charge < -0.3 is 10.8 Å². The van der Waals surface area contributed by atoms with Crippen molar-refractivity contribution in [1.82, 2.24) is 4.98 Å². The van der Waals surface area contributed by atoms with E-state index in [2.05, 4.69) is 4.98 Å². The molecule has 0 aliphatic carbocycles. The topological polar surface area (TPSA) is 59.1 Å². The zero-order valence-corrected chi connectivity index (χ0v) is 10.1. The molecule has 0 spiro atoms. The van der Waals surface area contributed by atoms with Crippen molar-refractivity contribution in [1.29, 1.82) is 0 Å². The molecule has 0 amide bonds. The zero-order valence-electron chi connectivity index (χ0n) is 9.28. The van der Waals surface area contributed by atoms with E-state index in [1.165, 1.54) is 11.8 Å². The second-order valence-corrected chi connectivity index (χ2v) is 4.66. The lowest BCUT2D eigenvalue weighted by atomic mass is 10.1. The van der Waals surface area contributed by atoms with Crippen molar-refractivity contribution >= 4 is 17.4 Å². The van der Waals surface area contributed by atoms with Gasteiger partial charge in [0.25, 0.3) is 0 Å². The monoisotopic (exact) mass is 246 g/mol. The number of aliphatic hydroxyl groups is 1. The van der Waals surface area contributed by atoms with E-state index in [0.29, 0.717) is 11.4 Å². The van der Waals surface area contributed by atoms with Gasteiger partial charge in [-0.25, -0.2) is 4.98 Å². The normalized spacial score (nSPS) is 12.3. The number of para-hydroxylation sites is 1. The van der Waals surface area contributed by atoms with Crippen LogP contribution in [0.3, 0.4) is 0 Å². The Morgan fingerprint density at radius 1 is 1.18 bits per heavy atom. The summed E-state index contributed by atoms with van der Waals surface area (Å²) in [6.45, 7) is 0. The van der Waals surface area contributed by atoms with Crippen LogP contribution in [0.4, 0.5) is 5.69 Å². The first kappa shape index (κ1) is 12.0. The molecule has 1 atom stereocenters.